The van der Waals surface area contributed by atoms with Crippen molar-refractivity contribution in [2.24, 2.45) is 5.73 Å². The van der Waals surface area contributed by atoms with Crippen molar-refractivity contribution in [3.8, 4) is 17.0 Å². The van der Waals surface area contributed by atoms with Crippen LogP contribution < -0.4 is 15.8 Å². The van der Waals surface area contributed by atoms with Crippen LogP contribution in [0.15, 0.2) is 54.6 Å². The van der Waals surface area contributed by atoms with Gasteiger partial charge in [0.1, 0.15) is 5.75 Å². The lowest BCUT2D eigenvalue weighted by Gasteiger charge is -2.15. The monoisotopic (exact) mass is 443 g/mol. The molecule has 7 heteroatoms. The van der Waals surface area contributed by atoms with Crippen LogP contribution in [0.5, 0.6) is 5.75 Å². The van der Waals surface area contributed by atoms with Gasteiger partial charge in [0.05, 0.1) is 5.69 Å². The van der Waals surface area contributed by atoms with Gasteiger partial charge >= 0.3 is 0 Å². The van der Waals surface area contributed by atoms with Crippen molar-refractivity contribution in [1.82, 2.24) is 4.98 Å². The molecule has 5 nitrogen and oxygen atoms in total. The average Bonchev–Trinajstić information content (AvgIpc) is 3.18. The number of carbonyl (C=O) groups is 1. The molecule has 1 aliphatic rings. The first-order chi connectivity index (χ1) is 14.0. The van der Waals surface area contributed by atoms with Crippen molar-refractivity contribution >= 4 is 41.3 Å². The van der Waals surface area contributed by atoms with Crippen LogP contribution in [-0.4, -0.2) is 17.0 Å². The second kappa shape index (κ2) is 9.37. The van der Waals surface area contributed by atoms with Gasteiger partial charge in [0.15, 0.2) is 6.10 Å². The molecule has 1 unspecified atom stereocenters. The quantitative estimate of drug-likeness (QED) is 0.540. The van der Waals surface area contributed by atoms with Crippen LogP contribution in [-0.2, 0) is 17.6 Å². The third-order valence-electron chi connectivity index (χ3n) is 5.02. The van der Waals surface area contributed by atoms with Gasteiger partial charge in [-0.05, 0) is 74.2 Å². The standard InChI is InChI=1S/C23H22ClN3O2.ClH/c1-14(23(25)28)29-18-10-8-17(9-11-18)26-22-13-21(15-4-2-5-16(24)12-15)27-20-7-3-6-19(20)22;/h2,4-5,8-14H,3,6-7H2,1H3,(H2,25,28)(H,26,27);1H. The molecular formula is C23H23Cl2N3O2. The van der Waals surface area contributed by atoms with Crippen molar-refractivity contribution in [2.75, 3.05) is 5.32 Å². The summed E-state index contributed by atoms with van der Waals surface area (Å²) in [5, 5.41) is 4.21. The number of nitrogens with one attached hydrogen (secondary N) is 1. The number of nitrogens with zero attached hydrogens (tertiary/aromatic N) is 1. The molecule has 1 atom stereocenters. The van der Waals surface area contributed by atoms with Crippen molar-refractivity contribution in [2.45, 2.75) is 32.3 Å². The predicted molar refractivity (Wildman–Crippen MR) is 123 cm³/mol. The summed E-state index contributed by atoms with van der Waals surface area (Å²) < 4.78 is 5.52. The molecule has 2 aromatic carbocycles. The summed E-state index contributed by atoms with van der Waals surface area (Å²) in [6, 6.07) is 17.3. The van der Waals surface area contributed by atoms with Crippen LogP contribution in [0.25, 0.3) is 11.3 Å². The predicted octanol–water partition coefficient (Wildman–Crippen LogP) is 5.31. The molecule has 0 saturated heterocycles. The van der Waals surface area contributed by atoms with Gasteiger partial charge in [-0.2, -0.15) is 0 Å². The molecule has 1 amide bonds. The van der Waals surface area contributed by atoms with Gasteiger partial charge in [0, 0.05) is 27.7 Å². The number of aromatic nitrogens is 1. The fourth-order valence-corrected chi connectivity index (χ4v) is 3.67. The molecular weight excluding hydrogens is 421 g/mol. The minimum absolute atomic E-state index is 0. The zero-order valence-corrected chi connectivity index (χ0v) is 18.1. The Hall–Kier alpha value is -2.76. The summed E-state index contributed by atoms with van der Waals surface area (Å²) >= 11 is 6.17. The molecule has 0 aliphatic heterocycles. The van der Waals surface area contributed by atoms with Gasteiger partial charge in [-0.1, -0.05) is 23.7 Å². The Labute approximate surface area is 187 Å². The zero-order valence-electron chi connectivity index (χ0n) is 16.5. The number of aryl methyl sites for hydroxylation is 1. The molecule has 3 N–H and O–H groups in total. The lowest BCUT2D eigenvalue weighted by molar-refractivity contribution is -0.123. The van der Waals surface area contributed by atoms with Crippen LogP contribution >= 0.6 is 24.0 Å². The average molecular weight is 444 g/mol. The molecule has 0 saturated carbocycles. The number of pyridine rings is 1. The van der Waals surface area contributed by atoms with E-state index in [0.717, 1.165) is 47.6 Å². The summed E-state index contributed by atoms with van der Waals surface area (Å²) in [5.41, 5.74) is 11.5. The van der Waals surface area contributed by atoms with Crippen molar-refractivity contribution < 1.29 is 9.53 Å². The number of hydrogen-bond donors (Lipinski definition) is 2. The van der Waals surface area contributed by atoms with Gasteiger partial charge < -0.3 is 15.8 Å². The summed E-state index contributed by atoms with van der Waals surface area (Å²) in [5.74, 6) is 0.106. The second-order valence-corrected chi connectivity index (χ2v) is 7.59. The zero-order chi connectivity index (χ0) is 20.4. The molecule has 1 heterocycles. The maximum Gasteiger partial charge on any atom is 0.258 e. The number of halogens is 2. The van der Waals surface area contributed by atoms with Gasteiger partial charge in [-0.3, -0.25) is 9.78 Å². The number of anilines is 2. The largest absolute Gasteiger partial charge is 0.481 e. The van der Waals surface area contributed by atoms with Gasteiger partial charge in [-0.25, -0.2) is 0 Å². The number of nitrogens with two attached hydrogens (primary N) is 1. The van der Waals surface area contributed by atoms with Gasteiger partial charge in [0.2, 0.25) is 0 Å². The van der Waals surface area contributed by atoms with E-state index in [-0.39, 0.29) is 12.4 Å². The smallest absolute Gasteiger partial charge is 0.258 e. The highest BCUT2D eigenvalue weighted by atomic mass is 35.5. The van der Waals surface area contributed by atoms with Crippen molar-refractivity contribution in [1.29, 1.82) is 0 Å². The summed E-state index contributed by atoms with van der Waals surface area (Å²) in [4.78, 5) is 16.0. The molecule has 4 rings (SSSR count). The van der Waals surface area contributed by atoms with Crippen LogP contribution in [0.2, 0.25) is 5.02 Å². The minimum atomic E-state index is -0.669. The fourth-order valence-electron chi connectivity index (χ4n) is 3.48. The van der Waals surface area contributed by atoms with E-state index < -0.39 is 12.0 Å². The summed E-state index contributed by atoms with van der Waals surface area (Å²) in [6.45, 7) is 1.63. The highest BCUT2D eigenvalue weighted by Crippen LogP contribution is 2.34. The molecule has 0 spiro atoms. The topological polar surface area (TPSA) is 77.2 Å². The van der Waals surface area contributed by atoms with Crippen LogP contribution in [0, 0.1) is 0 Å². The third-order valence-corrected chi connectivity index (χ3v) is 5.25. The Kier molecular flexibility index (Phi) is 6.85. The second-order valence-electron chi connectivity index (χ2n) is 7.16. The molecule has 30 heavy (non-hydrogen) atoms. The third kappa shape index (κ3) is 4.86. The van der Waals surface area contributed by atoms with E-state index >= 15 is 0 Å². The first kappa shape index (κ1) is 21.9. The minimum Gasteiger partial charge on any atom is -0.481 e. The molecule has 156 valence electrons. The van der Waals surface area contributed by atoms with Crippen LogP contribution in [0.3, 0.4) is 0 Å². The molecule has 1 aliphatic carbocycles. The molecule has 1 aromatic heterocycles. The first-order valence-electron chi connectivity index (χ1n) is 9.61. The Morgan fingerprint density at radius 2 is 1.93 bits per heavy atom. The first-order valence-corrected chi connectivity index (χ1v) is 9.99. The Bertz CT molecular complexity index is 1050. The summed E-state index contributed by atoms with van der Waals surface area (Å²) in [7, 11) is 0. The number of ether oxygens (including phenoxy) is 1. The number of primary amides is 1. The Balaban J connectivity index is 0.00000256. The Morgan fingerprint density at radius 1 is 1.17 bits per heavy atom. The SMILES string of the molecule is CC(Oc1ccc(Nc2cc(-c3cccc(Cl)c3)nc3c2CCC3)cc1)C(N)=O.Cl. The van der Waals surface area contributed by atoms with Crippen molar-refractivity contribution in [3.63, 3.8) is 0 Å². The lowest BCUT2D eigenvalue weighted by Crippen LogP contribution is -2.30. The van der Waals surface area contributed by atoms with E-state index in [1.807, 2.05) is 48.5 Å². The number of amides is 1. The number of hydrogen-bond acceptors (Lipinski definition) is 4. The Morgan fingerprint density at radius 3 is 2.63 bits per heavy atom. The number of benzene rings is 2. The number of carbonyl (C=O) groups excluding carboxylic acids is 1. The normalized spacial score (nSPS) is 13.1. The van der Waals surface area contributed by atoms with E-state index in [2.05, 4.69) is 11.4 Å². The number of fused-ring (bicyclic) bond motifs is 1. The highest BCUT2D eigenvalue weighted by molar-refractivity contribution is 6.30. The van der Waals surface area contributed by atoms with E-state index in [4.69, 9.17) is 27.1 Å². The van der Waals surface area contributed by atoms with Crippen LogP contribution in [0.1, 0.15) is 24.6 Å². The van der Waals surface area contributed by atoms with E-state index in [9.17, 15) is 4.79 Å². The molecule has 3 aromatic rings. The van der Waals surface area contributed by atoms with Crippen LogP contribution in [0.4, 0.5) is 11.4 Å². The molecule has 0 fully saturated rings. The fraction of sp³-hybridized carbons (Fsp3) is 0.217. The highest BCUT2D eigenvalue weighted by Gasteiger charge is 2.19. The maximum atomic E-state index is 11.2. The summed E-state index contributed by atoms with van der Waals surface area (Å²) in [6.07, 6.45) is 2.43. The van der Waals surface area contributed by atoms with E-state index in [0.29, 0.717) is 10.8 Å². The van der Waals surface area contributed by atoms with Gasteiger partial charge in [-0.15, -0.1) is 12.4 Å². The van der Waals surface area contributed by atoms with E-state index in [1.54, 1.807) is 6.92 Å². The van der Waals surface area contributed by atoms with Crippen molar-refractivity contribution in [3.05, 3.63) is 70.9 Å². The number of rotatable bonds is 6. The maximum absolute atomic E-state index is 11.2. The lowest BCUT2D eigenvalue weighted by atomic mass is 10.1. The van der Waals surface area contributed by atoms with E-state index in [1.165, 1.54) is 5.56 Å². The van der Waals surface area contributed by atoms with Gasteiger partial charge in [0.25, 0.3) is 5.91 Å². The molecule has 0 radical (unpaired) electrons. The molecule has 0 bridgehead atoms.